The number of carbonyl (C=O) groups is 2. The molecule has 0 aliphatic carbocycles. The summed E-state index contributed by atoms with van der Waals surface area (Å²) in [5.74, 6) is -0.672. The highest BCUT2D eigenvalue weighted by Crippen LogP contribution is 2.14. The van der Waals surface area contributed by atoms with Crippen molar-refractivity contribution in [1.29, 1.82) is 0 Å². The molecule has 0 aromatic heterocycles. The first-order valence-corrected chi connectivity index (χ1v) is 19.2. The Kier molecular flexibility index (Phi) is 35.6. The average Bonchev–Trinajstić information content (AvgIpc) is 3.00. The van der Waals surface area contributed by atoms with Crippen molar-refractivity contribution in [2.24, 2.45) is 0 Å². The van der Waals surface area contributed by atoms with Gasteiger partial charge in [0.1, 0.15) is 0 Å². The van der Waals surface area contributed by atoms with Gasteiger partial charge in [0, 0.05) is 12.8 Å². The SMILES string of the molecule is CCCCCCCC/C=C\CCCCCCCCCCCC(=O)OC(=O)CCCCCCC/C=C\CCCCCCCC. The molecule has 0 aliphatic heterocycles. The molecule has 3 heteroatoms. The van der Waals surface area contributed by atoms with Crippen LogP contribution in [0.25, 0.3) is 0 Å². The molecule has 3 nitrogen and oxygen atoms in total. The predicted molar refractivity (Wildman–Crippen MR) is 188 cm³/mol. The number of hydrogen-bond donors (Lipinski definition) is 0. The number of unbranched alkanes of at least 4 members (excludes halogenated alkanes) is 26. The molecule has 0 radical (unpaired) electrons. The lowest BCUT2D eigenvalue weighted by Crippen LogP contribution is -2.11. The smallest absolute Gasteiger partial charge is 0.313 e. The van der Waals surface area contributed by atoms with Crippen LogP contribution in [0.2, 0.25) is 0 Å². The number of esters is 2. The number of carbonyl (C=O) groups excluding carboxylic acids is 2. The van der Waals surface area contributed by atoms with E-state index < -0.39 is 0 Å². The van der Waals surface area contributed by atoms with E-state index in [-0.39, 0.29) is 11.9 Å². The molecular formula is C40H74O3. The third kappa shape index (κ3) is 36.7. The van der Waals surface area contributed by atoms with Crippen molar-refractivity contribution >= 4 is 11.9 Å². The first-order valence-electron chi connectivity index (χ1n) is 19.2. The van der Waals surface area contributed by atoms with E-state index in [9.17, 15) is 9.59 Å². The minimum Gasteiger partial charge on any atom is -0.393 e. The van der Waals surface area contributed by atoms with Crippen LogP contribution in [-0.2, 0) is 14.3 Å². The molecule has 0 fully saturated rings. The summed E-state index contributed by atoms with van der Waals surface area (Å²) < 4.78 is 5.01. The highest BCUT2D eigenvalue weighted by Gasteiger charge is 2.09. The van der Waals surface area contributed by atoms with Crippen molar-refractivity contribution in [2.45, 2.75) is 219 Å². The topological polar surface area (TPSA) is 43.4 Å². The quantitative estimate of drug-likeness (QED) is 0.0318. The van der Waals surface area contributed by atoms with Crippen LogP contribution >= 0.6 is 0 Å². The third-order valence-electron chi connectivity index (χ3n) is 8.51. The molecule has 0 spiro atoms. The van der Waals surface area contributed by atoms with Crippen molar-refractivity contribution in [3.05, 3.63) is 24.3 Å². The Morgan fingerprint density at radius 2 is 0.581 bits per heavy atom. The zero-order valence-electron chi connectivity index (χ0n) is 29.2. The van der Waals surface area contributed by atoms with Gasteiger partial charge in [0.2, 0.25) is 0 Å². The van der Waals surface area contributed by atoms with Crippen molar-refractivity contribution in [2.75, 3.05) is 0 Å². The second kappa shape index (κ2) is 36.8. The minimum absolute atomic E-state index is 0.334. The summed E-state index contributed by atoms with van der Waals surface area (Å²) in [6.45, 7) is 4.54. The molecule has 0 saturated carbocycles. The molecule has 0 heterocycles. The van der Waals surface area contributed by atoms with Crippen LogP contribution in [0, 0.1) is 0 Å². The molecule has 0 aromatic rings. The van der Waals surface area contributed by atoms with Crippen molar-refractivity contribution in [3.63, 3.8) is 0 Å². The van der Waals surface area contributed by atoms with Crippen molar-refractivity contribution in [3.8, 4) is 0 Å². The van der Waals surface area contributed by atoms with E-state index in [1.807, 2.05) is 0 Å². The molecule has 0 saturated heterocycles. The Bertz CT molecular complexity index is 636. The van der Waals surface area contributed by atoms with Gasteiger partial charge >= 0.3 is 11.9 Å². The summed E-state index contributed by atoms with van der Waals surface area (Å²) in [4.78, 5) is 23.9. The van der Waals surface area contributed by atoms with Crippen LogP contribution in [-0.4, -0.2) is 11.9 Å². The standard InChI is InChI=1S/C40H74O3/c1-3-5-7-9-11-13-15-17-19-20-21-22-24-26-28-30-32-34-36-38-40(42)43-39(41)37-35-33-31-29-27-25-23-18-16-14-12-10-8-6-4-2/h17-19,23H,3-16,20-22,24-38H2,1-2H3/b19-17-,23-18-. The zero-order chi connectivity index (χ0) is 31.3. The molecule has 0 N–H and O–H groups in total. The van der Waals surface area contributed by atoms with Gasteiger partial charge in [0.25, 0.3) is 0 Å². The van der Waals surface area contributed by atoms with E-state index in [0.29, 0.717) is 12.8 Å². The maximum absolute atomic E-state index is 11.9. The van der Waals surface area contributed by atoms with Gasteiger partial charge in [-0.05, 0) is 64.2 Å². The Morgan fingerprint density at radius 1 is 0.349 bits per heavy atom. The lowest BCUT2D eigenvalue weighted by molar-refractivity contribution is -0.159. The van der Waals surface area contributed by atoms with Crippen LogP contribution < -0.4 is 0 Å². The number of allylic oxidation sites excluding steroid dienone is 4. The van der Waals surface area contributed by atoms with Gasteiger partial charge in [-0.2, -0.15) is 0 Å². The van der Waals surface area contributed by atoms with E-state index >= 15 is 0 Å². The van der Waals surface area contributed by atoms with Gasteiger partial charge in [0.15, 0.2) is 0 Å². The lowest BCUT2D eigenvalue weighted by atomic mass is 10.1. The summed E-state index contributed by atoms with van der Waals surface area (Å²) in [6, 6.07) is 0. The zero-order valence-corrected chi connectivity index (χ0v) is 29.2. The summed E-state index contributed by atoms with van der Waals surface area (Å²) in [7, 11) is 0. The fourth-order valence-corrected chi connectivity index (χ4v) is 5.62. The second-order valence-electron chi connectivity index (χ2n) is 12.9. The lowest BCUT2D eigenvalue weighted by Gasteiger charge is -2.04. The summed E-state index contributed by atoms with van der Waals surface area (Å²) in [5.41, 5.74) is 0. The van der Waals surface area contributed by atoms with Crippen LogP contribution in [0.15, 0.2) is 24.3 Å². The van der Waals surface area contributed by atoms with E-state index in [2.05, 4.69) is 38.2 Å². The summed E-state index contributed by atoms with van der Waals surface area (Å²) >= 11 is 0. The van der Waals surface area contributed by atoms with Gasteiger partial charge in [-0.15, -0.1) is 0 Å². The highest BCUT2D eigenvalue weighted by molar-refractivity contribution is 5.85. The molecule has 0 atom stereocenters. The second-order valence-corrected chi connectivity index (χ2v) is 12.9. The van der Waals surface area contributed by atoms with E-state index in [1.54, 1.807) is 0 Å². The first-order chi connectivity index (χ1) is 21.2. The van der Waals surface area contributed by atoms with Gasteiger partial charge in [-0.25, -0.2) is 0 Å². The maximum atomic E-state index is 11.9. The predicted octanol–water partition coefficient (Wildman–Crippen LogP) is 13.7. The molecule has 0 aromatic carbocycles. The normalized spacial score (nSPS) is 11.7. The van der Waals surface area contributed by atoms with E-state index in [1.165, 1.54) is 161 Å². The van der Waals surface area contributed by atoms with E-state index in [0.717, 1.165) is 32.1 Å². The van der Waals surface area contributed by atoms with Crippen LogP contribution in [0.1, 0.15) is 219 Å². The molecule has 0 bridgehead atoms. The van der Waals surface area contributed by atoms with Crippen molar-refractivity contribution < 1.29 is 14.3 Å². The average molecular weight is 603 g/mol. The van der Waals surface area contributed by atoms with Crippen LogP contribution in [0.3, 0.4) is 0 Å². The number of rotatable bonds is 34. The molecule has 0 aliphatic rings. The number of ether oxygens (including phenoxy) is 1. The largest absolute Gasteiger partial charge is 0.393 e. The van der Waals surface area contributed by atoms with Crippen LogP contribution in [0.5, 0.6) is 0 Å². The Hall–Kier alpha value is -1.38. The van der Waals surface area contributed by atoms with Crippen LogP contribution in [0.4, 0.5) is 0 Å². The highest BCUT2D eigenvalue weighted by atomic mass is 16.6. The fraction of sp³-hybridized carbons (Fsp3) is 0.850. The third-order valence-corrected chi connectivity index (χ3v) is 8.51. The minimum atomic E-state index is -0.337. The van der Waals surface area contributed by atoms with Gasteiger partial charge in [0.05, 0.1) is 0 Å². The Balaban J connectivity index is 3.34. The van der Waals surface area contributed by atoms with E-state index in [4.69, 9.17) is 4.74 Å². The van der Waals surface area contributed by atoms with Gasteiger partial charge in [-0.3, -0.25) is 9.59 Å². The van der Waals surface area contributed by atoms with Crippen molar-refractivity contribution in [1.82, 2.24) is 0 Å². The monoisotopic (exact) mass is 603 g/mol. The maximum Gasteiger partial charge on any atom is 0.313 e. The van der Waals surface area contributed by atoms with Gasteiger partial charge < -0.3 is 4.74 Å². The molecule has 0 amide bonds. The summed E-state index contributed by atoms with van der Waals surface area (Å²) in [5, 5.41) is 0. The summed E-state index contributed by atoms with van der Waals surface area (Å²) in [6.07, 6.45) is 48.1. The van der Waals surface area contributed by atoms with Gasteiger partial charge in [-0.1, -0.05) is 167 Å². The number of hydrogen-bond acceptors (Lipinski definition) is 3. The first kappa shape index (κ1) is 41.6. The Morgan fingerprint density at radius 3 is 0.860 bits per heavy atom. The molecular weight excluding hydrogens is 528 g/mol. The fourth-order valence-electron chi connectivity index (χ4n) is 5.62. The Labute approximate surface area is 269 Å². The molecule has 43 heavy (non-hydrogen) atoms. The molecule has 252 valence electrons. The molecule has 0 unspecified atom stereocenters. The molecule has 0 rings (SSSR count).